The predicted molar refractivity (Wildman–Crippen MR) is 100 cm³/mol. The van der Waals surface area contributed by atoms with E-state index < -0.39 is 0 Å². The molecule has 136 valence electrons. The number of methoxy groups -OCH3 is 1. The fraction of sp³-hybridized carbons (Fsp3) is 0.278. The van der Waals surface area contributed by atoms with Gasteiger partial charge in [0.05, 0.1) is 25.2 Å². The monoisotopic (exact) mass is 372 g/mol. The first-order chi connectivity index (χ1) is 12.7. The van der Waals surface area contributed by atoms with Crippen LogP contribution in [0.2, 0.25) is 0 Å². The Hall–Kier alpha value is -2.58. The highest BCUT2D eigenvalue weighted by Crippen LogP contribution is 2.24. The number of rotatable bonds is 8. The molecule has 0 spiro atoms. The quantitative estimate of drug-likeness (QED) is 0.612. The second kappa shape index (κ2) is 8.68. The van der Waals surface area contributed by atoms with Crippen LogP contribution in [0.3, 0.4) is 0 Å². The van der Waals surface area contributed by atoms with E-state index in [1.54, 1.807) is 19.4 Å². The second-order valence-electron chi connectivity index (χ2n) is 5.58. The fourth-order valence-corrected chi connectivity index (χ4v) is 3.16. The van der Waals surface area contributed by atoms with Crippen molar-refractivity contribution in [2.75, 3.05) is 24.8 Å². The molecule has 2 heterocycles. The standard InChI is InChI=1S/C18H20N4O3S/c1-13-6-3-4-7-14(13)19-16(23)12-26-18-21-20-17(15-8-5-10-25-15)22(18)9-11-24-2/h3-8,10H,9,11-12H2,1-2H3,(H,19,23). The number of benzene rings is 1. The molecule has 7 nitrogen and oxygen atoms in total. The van der Waals surface area contributed by atoms with Crippen molar-refractivity contribution in [3.05, 3.63) is 48.2 Å². The van der Waals surface area contributed by atoms with Gasteiger partial charge in [0.1, 0.15) is 0 Å². The molecule has 0 saturated carbocycles. The molecule has 26 heavy (non-hydrogen) atoms. The maximum absolute atomic E-state index is 12.3. The molecule has 0 radical (unpaired) electrons. The number of hydrogen-bond acceptors (Lipinski definition) is 6. The van der Waals surface area contributed by atoms with Crippen molar-refractivity contribution in [1.29, 1.82) is 0 Å². The minimum Gasteiger partial charge on any atom is -0.461 e. The third-order valence-corrected chi connectivity index (χ3v) is 4.70. The van der Waals surface area contributed by atoms with Gasteiger partial charge in [-0.3, -0.25) is 9.36 Å². The van der Waals surface area contributed by atoms with Crippen molar-refractivity contribution in [3.63, 3.8) is 0 Å². The summed E-state index contributed by atoms with van der Waals surface area (Å²) in [4.78, 5) is 12.3. The molecule has 3 rings (SSSR count). The van der Waals surface area contributed by atoms with Gasteiger partial charge in [0.25, 0.3) is 0 Å². The van der Waals surface area contributed by atoms with E-state index in [0.29, 0.717) is 29.9 Å². The van der Waals surface area contributed by atoms with Gasteiger partial charge in [0, 0.05) is 12.8 Å². The highest BCUT2D eigenvalue weighted by molar-refractivity contribution is 7.99. The predicted octanol–water partition coefficient (Wildman–Crippen LogP) is 3.22. The number of aryl methyl sites for hydroxylation is 1. The molecule has 0 aliphatic rings. The Kier molecular flexibility index (Phi) is 6.08. The summed E-state index contributed by atoms with van der Waals surface area (Å²) >= 11 is 1.33. The summed E-state index contributed by atoms with van der Waals surface area (Å²) in [6.45, 7) is 3.04. The SMILES string of the molecule is COCCn1c(SCC(=O)Nc2ccccc2C)nnc1-c1ccco1. The molecule has 0 atom stereocenters. The largest absolute Gasteiger partial charge is 0.461 e. The first-order valence-corrected chi connectivity index (χ1v) is 9.12. The summed E-state index contributed by atoms with van der Waals surface area (Å²) in [6, 6.07) is 11.3. The van der Waals surface area contributed by atoms with Gasteiger partial charge in [0.15, 0.2) is 10.9 Å². The first-order valence-electron chi connectivity index (χ1n) is 8.13. The van der Waals surface area contributed by atoms with E-state index in [1.165, 1.54) is 11.8 Å². The van der Waals surface area contributed by atoms with Crippen molar-refractivity contribution in [3.8, 4) is 11.6 Å². The highest BCUT2D eigenvalue weighted by atomic mass is 32.2. The molecule has 2 aromatic heterocycles. The second-order valence-corrected chi connectivity index (χ2v) is 6.52. The molecule has 1 aromatic carbocycles. The molecule has 8 heteroatoms. The van der Waals surface area contributed by atoms with Crippen LogP contribution in [0, 0.1) is 6.92 Å². The van der Waals surface area contributed by atoms with Gasteiger partial charge >= 0.3 is 0 Å². The Morgan fingerprint density at radius 1 is 1.27 bits per heavy atom. The molecule has 0 unspecified atom stereocenters. The molecular weight excluding hydrogens is 352 g/mol. The van der Waals surface area contributed by atoms with E-state index in [9.17, 15) is 4.79 Å². The Morgan fingerprint density at radius 3 is 2.85 bits per heavy atom. The van der Waals surface area contributed by atoms with Crippen molar-refractivity contribution >= 4 is 23.4 Å². The minimum atomic E-state index is -0.0925. The van der Waals surface area contributed by atoms with Gasteiger partial charge in [-0.05, 0) is 30.7 Å². The third kappa shape index (κ3) is 4.33. The van der Waals surface area contributed by atoms with Gasteiger partial charge in [0.2, 0.25) is 11.7 Å². The van der Waals surface area contributed by atoms with Crippen LogP contribution in [0.4, 0.5) is 5.69 Å². The fourth-order valence-electron chi connectivity index (χ4n) is 2.40. The smallest absolute Gasteiger partial charge is 0.234 e. The van der Waals surface area contributed by atoms with Crippen LogP contribution >= 0.6 is 11.8 Å². The minimum absolute atomic E-state index is 0.0925. The summed E-state index contributed by atoms with van der Waals surface area (Å²) in [6.07, 6.45) is 1.59. The van der Waals surface area contributed by atoms with Crippen molar-refractivity contribution in [1.82, 2.24) is 14.8 Å². The number of aromatic nitrogens is 3. The van der Waals surface area contributed by atoms with Gasteiger partial charge < -0.3 is 14.5 Å². The number of hydrogen-bond donors (Lipinski definition) is 1. The number of nitrogens with one attached hydrogen (secondary N) is 1. The summed E-state index contributed by atoms with van der Waals surface area (Å²) in [5, 5.41) is 12.0. The summed E-state index contributed by atoms with van der Waals surface area (Å²) in [5.74, 6) is 1.39. The summed E-state index contributed by atoms with van der Waals surface area (Å²) < 4.78 is 12.5. The van der Waals surface area contributed by atoms with Gasteiger partial charge in [-0.1, -0.05) is 30.0 Å². The number of ether oxygens (including phenoxy) is 1. The van der Waals surface area contributed by atoms with E-state index in [0.717, 1.165) is 11.3 Å². The number of para-hydroxylation sites is 1. The lowest BCUT2D eigenvalue weighted by atomic mass is 10.2. The molecular formula is C18H20N4O3S. The van der Waals surface area contributed by atoms with Crippen LogP contribution in [-0.4, -0.2) is 40.1 Å². The number of nitrogens with zero attached hydrogens (tertiary/aromatic N) is 3. The van der Waals surface area contributed by atoms with Crippen LogP contribution < -0.4 is 5.32 Å². The zero-order chi connectivity index (χ0) is 18.4. The maximum Gasteiger partial charge on any atom is 0.234 e. The lowest BCUT2D eigenvalue weighted by molar-refractivity contribution is -0.113. The van der Waals surface area contributed by atoms with Crippen molar-refractivity contribution < 1.29 is 13.9 Å². The molecule has 0 bridgehead atoms. The van der Waals surface area contributed by atoms with Crippen molar-refractivity contribution in [2.45, 2.75) is 18.6 Å². The Bertz CT molecular complexity index is 861. The Balaban J connectivity index is 1.69. The number of amides is 1. The van der Waals surface area contributed by atoms with E-state index in [1.807, 2.05) is 41.8 Å². The first kappa shape index (κ1) is 18.2. The Morgan fingerprint density at radius 2 is 2.12 bits per heavy atom. The van der Waals surface area contributed by atoms with Gasteiger partial charge in [-0.25, -0.2) is 0 Å². The van der Waals surface area contributed by atoms with Gasteiger partial charge in [-0.2, -0.15) is 0 Å². The van der Waals surface area contributed by atoms with E-state index >= 15 is 0 Å². The highest BCUT2D eigenvalue weighted by Gasteiger charge is 2.17. The lowest BCUT2D eigenvalue weighted by Crippen LogP contribution is -2.15. The number of anilines is 1. The summed E-state index contributed by atoms with van der Waals surface area (Å²) in [5.41, 5.74) is 1.84. The molecule has 0 fully saturated rings. The molecule has 1 N–H and O–H groups in total. The Labute approximate surface area is 155 Å². The normalized spacial score (nSPS) is 10.8. The average molecular weight is 372 g/mol. The molecule has 0 aliphatic heterocycles. The number of carbonyl (C=O) groups is 1. The van der Waals surface area contributed by atoms with E-state index in [4.69, 9.17) is 9.15 Å². The van der Waals surface area contributed by atoms with E-state index in [-0.39, 0.29) is 11.7 Å². The van der Waals surface area contributed by atoms with Crippen LogP contribution in [0.5, 0.6) is 0 Å². The lowest BCUT2D eigenvalue weighted by Gasteiger charge is -2.09. The molecule has 1 amide bonds. The zero-order valence-corrected chi connectivity index (χ0v) is 15.5. The van der Waals surface area contributed by atoms with Crippen LogP contribution in [0.15, 0.2) is 52.2 Å². The average Bonchev–Trinajstić information content (AvgIpc) is 3.29. The number of furan rings is 1. The third-order valence-electron chi connectivity index (χ3n) is 3.73. The molecule has 0 aliphatic carbocycles. The van der Waals surface area contributed by atoms with Crippen LogP contribution in [-0.2, 0) is 16.1 Å². The van der Waals surface area contributed by atoms with Crippen LogP contribution in [0.1, 0.15) is 5.56 Å². The molecule has 3 aromatic rings. The topological polar surface area (TPSA) is 82.2 Å². The molecule has 0 saturated heterocycles. The van der Waals surface area contributed by atoms with Gasteiger partial charge in [-0.15, -0.1) is 10.2 Å². The van der Waals surface area contributed by atoms with E-state index in [2.05, 4.69) is 15.5 Å². The summed E-state index contributed by atoms with van der Waals surface area (Å²) in [7, 11) is 1.64. The van der Waals surface area contributed by atoms with Crippen LogP contribution in [0.25, 0.3) is 11.6 Å². The number of thioether (sulfide) groups is 1. The number of carbonyl (C=O) groups excluding carboxylic acids is 1. The maximum atomic E-state index is 12.3. The van der Waals surface area contributed by atoms with Crippen molar-refractivity contribution in [2.24, 2.45) is 0 Å². The zero-order valence-electron chi connectivity index (χ0n) is 14.6.